The van der Waals surface area contributed by atoms with E-state index in [1.807, 2.05) is 55.7 Å². The highest BCUT2D eigenvalue weighted by Crippen LogP contribution is 2.40. The molecular weight excluding hydrogens is 837 g/mol. The molecular formula is C17H27I3N2O6S4. The first-order valence-electron chi connectivity index (χ1n) is 9.91. The zero-order valence-electron chi connectivity index (χ0n) is 17.7. The van der Waals surface area contributed by atoms with Crippen LogP contribution in [0, 0.1) is 5.92 Å². The Morgan fingerprint density at radius 3 is 2.38 bits per heavy atom. The van der Waals surface area contributed by atoms with Crippen molar-refractivity contribution in [1.82, 2.24) is 10.2 Å². The van der Waals surface area contributed by atoms with Gasteiger partial charge in [-0.1, -0.05) is 13.3 Å². The normalized spacial score (nSPS) is 34.4. The van der Waals surface area contributed by atoms with E-state index in [-0.39, 0.29) is 11.9 Å². The van der Waals surface area contributed by atoms with Gasteiger partial charge in [0, 0.05) is 70.2 Å². The minimum Gasteiger partial charge on any atom is -0.356 e. The highest BCUT2D eigenvalue weighted by molar-refractivity contribution is 14.2. The summed E-state index contributed by atoms with van der Waals surface area (Å²) in [6, 6.07) is -1.13. The van der Waals surface area contributed by atoms with Crippen LogP contribution in [0.1, 0.15) is 26.2 Å². The quantitative estimate of drug-likeness (QED) is 0.154. The number of carbonyl (C=O) groups excluding carboxylic acids is 2. The van der Waals surface area contributed by atoms with Crippen molar-refractivity contribution in [2.24, 2.45) is 5.92 Å². The van der Waals surface area contributed by atoms with Crippen LogP contribution < -0.4 is 5.32 Å². The molecule has 2 aliphatic heterocycles. The lowest BCUT2D eigenvalue weighted by Gasteiger charge is -2.45. The molecule has 5 unspecified atom stereocenters. The summed E-state index contributed by atoms with van der Waals surface area (Å²) < 4.78 is 23.9. The predicted octanol–water partition coefficient (Wildman–Crippen LogP) is 5.03. The molecule has 1 N–H and O–H groups in total. The number of hydrogen-bond donors (Lipinski definition) is 1. The van der Waals surface area contributed by atoms with Gasteiger partial charge in [-0.3, -0.25) is 22.2 Å². The van der Waals surface area contributed by atoms with Gasteiger partial charge in [0.1, 0.15) is 42.2 Å². The number of likely N-dealkylation sites (N-methyl/N-ethyl adjacent to an activating group) is 1. The molecule has 8 atom stereocenters. The van der Waals surface area contributed by atoms with Gasteiger partial charge in [0.15, 0.2) is 0 Å². The monoisotopic (exact) mass is 864 g/mol. The Morgan fingerprint density at radius 1 is 1.19 bits per heavy atom. The van der Waals surface area contributed by atoms with Gasteiger partial charge in [0.05, 0.1) is 33.7 Å². The molecule has 0 aliphatic carbocycles. The lowest BCUT2D eigenvalue weighted by Crippen LogP contribution is -2.64. The van der Waals surface area contributed by atoms with Crippen molar-refractivity contribution >= 4 is 115 Å². The molecule has 2 heterocycles. The highest BCUT2D eigenvalue weighted by Gasteiger charge is 2.52. The Labute approximate surface area is 243 Å². The van der Waals surface area contributed by atoms with Crippen LogP contribution in [-0.4, -0.2) is 78.9 Å². The number of likely N-dealkylation sites (tertiary alicyclic amines) is 1. The van der Waals surface area contributed by atoms with Crippen LogP contribution >= 0.6 is 103 Å². The first-order valence-corrected chi connectivity index (χ1v) is 21.1. The summed E-state index contributed by atoms with van der Waals surface area (Å²) in [6.07, 6.45) is 3.37. The van der Waals surface area contributed by atoms with Gasteiger partial charge in [0.2, 0.25) is 5.91 Å². The molecule has 0 aromatic heterocycles. The average molecular weight is 864 g/mol. The first-order chi connectivity index (χ1) is 15.4. The standard InChI is InChI=1S/C17H27I3N2O6S4/c1-4-5-9-6-11(22(2)7-9)16(24)21-10(8-23)12-13(26-30-18)14(27-31-19)15(28-32-20)17(25-12)29-3/h8-15,17H,4-7H2,1-3H3,(H,21,24)/t9-,10-,11+,12?,13?,14?,15?,17?/m1/s1. The molecule has 0 aromatic rings. The summed E-state index contributed by atoms with van der Waals surface area (Å²) in [5, 5.41) is 2.93. The van der Waals surface area contributed by atoms with E-state index in [0.29, 0.717) is 5.92 Å². The van der Waals surface area contributed by atoms with E-state index < -0.39 is 35.9 Å². The van der Waals surface area contributed by atoms with Gasteiger partial charge < -0.3 is 14.8 Å². The van der Waals surface area contributed by atoms with Crippen molar-refractivity contribution in [2.75, 3.05) is 19.8 Å². The average Bonchev–Trinajstić information content (AvgIpc) is 3.15. The lowest BCUT2D eigenvalue weighted by molar-refractivity contribution is -0.174. The molecule has 15 heteroatoms. The van der Waals surface area contributed by atoms with Crippen LogP contribution in [0.4, 0.5) is 0 Å². The zero-order chi connectivity index (χ0) is 23.7. The summed E-state index contributed by atoms with van der Waals surface area (Å²) in [4.78, 5) is 27.3. The number of thioether (sulfide) groups is 1. The zero-order valence-corrected chi connectivity index (χ0v) is 27.4. The predicted molar refractivity (Wildman–Crippen MR) is 159 cm³/mol. The SMILES string of the molecule is CCC[C@@H]1C[C@@H](C(=O)N[C@H](C=O)C2OC(SC)C(OSI)C(OSI)C2OSI)N(C)C1. The lowest BCUT2D eigenvalue weighted by atomic mass is 9.94. The fraction of sp³-hybridized carbons (Fsp3) is 0.882. The molecule has 32 heavy (non-hydrogen) atoms. The van der Waals surface area contributed by atoms with Crippen molar-refractivity contribution in [3.63, 3.8) is 0 Å². The molecule has 0 saturated carbocycles. The van der Waals surface area contributed by atoms with Gasteiger partial charge in [-0.2, -0.15) is 0 Å². The van der Waals surface area contributed by atoms with Crippen molar-refractivity contribution in [1.29, 1.82) is 0 Å². The summed E-state index contributed by atoms with van der Waals surface area (Å²) in [6.45, 7) is 3.04. The van der Waals surface area contributed by atoms with E-state index in [4.69, 9.17) is 17.3 Å². The van der Waals surface area contributed by atoms with E-state index in [0.717, 1.165) is 41.3 Å². The van der Waals surface area contributed by atoms with E-state index in [1.54, 1.807) is 0 Å². The number of halogens is 3. The van der Waals surface area contributed by atoms with Gasteiger partial charge in [-0.15, -0.1) is 11.8 Å². The highest BCUT2D eigenvalue weighted by atomic mass is 127. The molecule has 2 aliphatic rings. The Morgan fingerprint density at radius 2 is 1.81 bits per heavy atom. The third kappa shape index (κ3) is 8.27. The Balaban J connectivity index is 2.21. The third-order valence-corrected chi connectivity index (χ3v) is 9.25. The van der Waals surface area contributed by atoms with Crippen molar-refractivity contribution in [2.45, 2.75) is 68.1 Å². The number of ether oxygens (including phenoxy) is 1. The van der Waals surface area contributed by atoms with Gasteiger partial charge in [-0.05, 0) is 32.1 Å². The molecule has 8 nitrogen and oxygen atoms in total. The van der Waals surface area contributed by atoms with E-state index in [1.165, 1.54) is 30.2 Å². The van der Waals surface area contributed by atoms with E-state index in [9.17, 15) is 9.59 Å². The fourth-order valence-corrected chi connectivity index (χ4v) is 8.09. The molecule has 2 rings (SSSR count). The molecule has 0 bridgehead atoms. The van der Waals surface area contributed by atoms with Crippen molar-refractivity contribution < 1.29 is 26.9 Å². The molecule has 0 radical (unpaired) electrons. The van der Waals surface area contributed by atoms with Crippen LogP contribution in [0.15, 0.2) is 0 Å². The minimum absolute atomic E-state index is 0.157. The minimum atomic E-state index is -0.872. The second kappa shape index (κ2) is 16.4. The third-order valence-electron chi connectivity index (χ3n) is 5.65. The van der Waals surface area contributed by atoms with Crippen LogP contribution in [0.3, 0.4) is 0 Å². The fourth-order valence-electron chi connectivity index (χ4n) is 4.25. The van der Waals surface area contributed by atoms with Crippen molar-refractivity contribution in [3.8, 4) is 0 Å². The molecule has 2 fully saturated rings. The largest absolute Gasteiger partial charge is 0.356 e. The van der Waals surface area contributed by atoms with Gasteiger partial charge in [0.25, 0.3) is 0 Å². The Bertz CT molecular complexity index is 604. The summed E-state index contributed by atoms with van der Waals surface area (Å²) >= 11 is 7.60. The summed E-state index contributed by atoms with van der Waals surface area (Å²) in [7, 11) is 5.48. The van der Waals surface area contributed by atoms with E-state index in [2.05, 4.69) is 38.3 Å². The number of carbonyl (C=O) groups is 2. The Hall–Kier alpha value is 2.53. The van der Waals surface area contributed by atoms with Crippen LogP contribution in [-0.2, 0) is 26.9 Å². The second-order valence-electron chi connectivity index (χ2n) is 7.59. The summed E-state index contributed by atoms with van der Waals surface area (Å²) in [5.74, 6) is 0.339. The summed E-state index contributed by atoms with van der Waals surface area (Å²) in [5.41, 5.74) is -0.391. The van der Waals surface area contributed by atoms with Crippen LogP contribution in [0.25, 0.3) is 0 Å². The molecule has 0 aromatic carbocycles. The van der Waals surface area contributed by atoms with E-state index >= 15 is 0 Å². The maximum absolute atomic E-state index is 13.1. The van der Waals surface area contributed by atoms with Crippen LogP contribution in [0.2, 0.25) is 0 Å². The maximum atomic E-state index is 13.1. The number of hydrogen-bond acceptors (Lipinski definition) is 11. The molecule has 0 spiro atoms. The number of rotatable bonds is 13. The smallest absolute Gasteiger partial charge is 0.238 e. The molecule has 2 saturated heterocycles. The first kappa shape index (κ1) is 30.8. The van der Waals surface area contributed by atoms with Crippen molar-refractivity contribution in [3.05, 3.63) is 0 Å². The van der Waals surface area contributed by atoms with Crippen LogP contribution in [0.5, 0.6) is 0 Å². The Kier molecular flexibility index (Phi) is 15.7. The number of aldehydes is 1. The molecule has 186 valence electrons. The number of nitrogens with zero attached hydrogens (tertiary/aromatic N) is 1. The maximum Gasteiger partial charge on any atom is 0.238 e. The number of amides is 1. The van der Waals surface area contributed by atoms with Gasteiger partial charge in [-0.25, -0.2) is 0 Å². The topological polar surface area (TPSA) is 86.3 Å². The molecule has 1 amide bonds. The second-order valence-corrected chi connectivity index (χ2v) is 12.7. The van der Waals surface area contributed by atoms with Gasteiger partial charge >= 0.3 is 0 Å². The number of nitrogens with one attached hydrogen (secondary N) is 1.